The van der Waals surface area contributed by atoms with E-state index in [1.54, 1.807) is 0 Å². The van der Waals surface area contributed by atoms with E-state index in [0.29, 0.717) is 19.1 Å². The molecule has 0 aromatic heterocycles. The highest BCUT2D eigenvalue weighted by molar-refractivity contribution is 5.83. The molecule has 1 amide bonds. The number of nitrogens with zero attached hydrogens (tertiary/aromatic N) is 1. The van der Waals surface area contributed by atoms with Crippen LogP contribution in [-0.2, 0) is 9.53 Å². The van der Waals surface area contributed by atoms with Gasteiger partial charge in [0.05, 0.1) is 18.6 Å². The van der Waals surface area contributed by atoms with Crippen molar-refractivity contribution in [1.82, 2.24) is 4.90 Å². The standard InChI is InChI=1S/C14H27NO2/c1-4-7-9-15(10-8-5-2)13(16)14(6-3)11-17-12-14/h4-12H2,1-3H3. The van der Waals surface area contributed by atoms with Crippen LogP contribution in [0.4, 0.5) is 0 Å². The van der Waals surface area contributed by atoms with Gasteiger partial charge in [0.15, 0.2) is 0 Å². The van der Waals surface area contributed by atoms with Crippen molar-refractivity contribution in [2.75, 3.05) is 26.3 Å². The Kier molecular flexibility index (Phi) is 5.96. The molecule has 0 aromatic carbocycles. The minimum absolute atomic E-state index is 0.193. The summed E-state index contributed by atoms with van der Waals surface area (Å²) >= 11 is 0. The second-order valence-corrected chi connectivity index (χ2v) is 5.13. The Balaban J connectivity index is 2.57. The van der Waals surface area contributed by atoms with E-state index in [0.717, 1.165) is 45.2 Å². The van der Waals surface area contributed by atoms with Crippen molar-refractivity contribution < 1.29 is 9.53 Å². The van der Waals surface area contributed by atoms with E-state index < -0.39 is 0 Å². The molecule has 0 aromatic rings. The molecule has 1 heterocycles. The summed E-state index contributed by atoms with van der Waals surface area (Å²) in [5, 5.41) is 0. The molecular weight excluding hydrogens is 214 g/mol. The molecule has 3 heteroatoms. The second-order valence-electron chi connectivity index (χ2n) is 5.13. The summed E-state index contributed by atoms with van der Waals surface area (Å²) in [6.07, 6.45) is 5.41. The smallest absolute Gasteiger partial charge is 0.233 e. The van der Waals surface area contributed by atoms with Gasteiger partial charge in [-0.15, -0.1) is 0 Å². The van der Waals surface area contributed by atoms with Gasteiger partial charge in [0.25, 0.3) is 0 Å². The number of carbonyl (C=O) groups excluding carboxylic acids is 1. The largest absolute Gasteiger partial charge is 0.379 e. The van der Waals surface area contributed by atoms with E-state index >= 15 is 0 Å². The highest BCUT2D eigenvalue weighted by Gasteiger charge is 2.46. The van der Waals surface area contributed by atoms with Crippen LogP contribution < -0.4 is 0 Å². The van der Waals surface area contributed by atoms with Crippen LogP contribution in [0, 0.1) is 5.41 Å². The van der Waals surface area contributed by atoms with Gasteiger partial charge in [-0.25, -0.2) is 0 Å². The topological polar surface area (TPSA) is 29.5 Å². The lowest BCUT2D eigenvalue weighted by atomic mass is 9.81. The van der Waals surface area contributed by atoms with Gasteiger partial charge in [-0.1, -0.05) is 33.6 Å². The molecule has 1 rings (SSSR count). The highest BCUT2D eigenvalue weighted by atomic mass is 16.5. The normalized spacial score (nSPS) is 17.6. The molecule has 17 heavy (non-hydrogen) atoms. The molecule has 0 N–H and O–H groups in total. The summed E-state index contributed by atoms with van der Waals surface area (Å²) in [6, 6.07) is 0. The van der Waals surface area contributed by atoms with E-state index in [2.05, 4.69) is 25.7 Å². The Hall–Kier alpha value is -0.570. The molecule has 100 valence electrons. The maximum atomic E-state index is 12.5. The zero-order valence-electron chi connectivity index (χ0n) is 11.6. The fraction of sp³-hybridized carbons (Fsp3) is 0.929. The zero-order chi connectivity index (χ0) is 12.7. The Bertz CT molecular complexity index is 223. The minimum atomic E-state index is -0.193. The fourth-order valence-corrected chi connectivity index (χ4v) is 2.18. The van der Waals surface area contributed by atoms with E-state index in [1.807, 2.05) is 0 Å². The molecule has 0 atom stereocenters. The Morgan fingerprint density at radius 2 is 1.65 bits per heavy atom. The number of hydrogen-bond donors (Lipinski definition) is 0. The summed E-state index contributed by atoms with van der Waals surface area (Å²) in [7, 11) is 0. The van der Waals surface area contributed by atoms with E-state index in [-0.39, 0.29) is 5.41 Å². The third-order valence-corrected chi connectivity index (χ3v) is 3.74. The molecule has 1 saturated heterocycles. The van der Waals surface area contributed by atoms with E-state index in [4.69, 9.17) is 4.74 Å². The van der Waals surface area contributed by atoms with Gasteiger partial charge in [-0.05, 0) is 19.3 Å². The first kappa shape index (κ1) is 14.5. The summed E-state index contributed by atoms with van der Waals surface area (Å²) in [4.78, 5) is 14.6. The SMILES string of the molecule is CCCCN(CCCC)C(=O)C1(CC)COC1. The summed E-state index contributed by atoms with van der Waals surface area (Å²) < 4.78 is 5.26. The third kappa shape index (κ3) is 3.44. The molecular formula is C14H27NO2. The second kappa shape index (κ2) is 7.00. The number of unbranched alkanes of at least 4 members (excludes halogenated alkanes) is 2. The predicted octanol–water partition coefficient (Wildman–Crippen LogP) is 2.84. The van der Waals surface area contributed by atoms with Gasteiger partial charge in [-0.3, -0.25) is 4.79 Å². The van der Waals surface area contributed by atoms with Crippen molar-refractivity contribution >= 4 is 5.91 Å². The quantitative estimate of drug-likeness (QED) is 0.654. The van der Waals surface area contributed by atoms with Crippen LogP contribution in [-0.4, -0.2) is 37.1 Å². The van der Waals surface area contributed by atoms with Crippen molar-refractivity contribution in [3.63, 3.8) is 0 Å². The van der Waals surface area contributed by atoms with Crippen LogP contribution in [0.5, 0.6) is 0 Å². The molecule has 3 nitrogen and oxygen atoms in total. The van der Waals surface area contributed by atoms with Crippen molar-refractivity contribution in [1.29, 1.82) is 0 Å². The maximum absolute atomic E-state index is 12.5. The average molecular weight is 241 g/mol. The monoisotopic (exact) mass is 241 g/mol. The van der Waals surface area contributed by atoms with Crippen LogP contribution in [0.2, 0.25) is 0 Å². The first-order valence-electron chi connectivity index (χ1n) is 7.07. The van der Waals surface area contributed by atoms with Crippen LogP contribution >= 0.6 is 0 Å². The van der Waals surface area contributed by atoms with Crippen molar-refractivity contribution in [2.24, 2.45) is 5.41 Å². The van der Waals surface area contributed by atoms with Crippen molar-refractivity contribution in [3.05, 3.63) is 0 Å². The van der Waals surface area contributed by atoms with Crippen LogP contribution in [0.1, 0.15) is 52.9 Å². The molecule has 0 saturated carbocycles. The Labute approximate surface area is 106 Å². The molecule has 1 aliphatic rings. The van der Waals surface area contributed by atoms with Gasteiger partial charge >= 0.3 is 0 Å². The lowest BCUT2D eigenvalue weighted by molar-refractivity contribution is -0.173. The Morgan fingerprint density at radius 3 is 1.94 bits per heavy atom. The molecule has 1 aliphatic heterocycles. The van der Waals surface area contributed by atoms with Gasteiger partial charge < -0.3 is 9.64 Å². The van der Waals surface area contributed by atoms with E-state index in [9.17, 15) is 4.79 Å². The zero-order valence-corrected chi connectivity index (χ0v) is 11.6. The molecule has 1 fully saturated rings. The average Bonchev–Trinajstić information content (AvgIpc) is 2.28. The van der Waals surface area contributed by atoms with Crippen LogP contribution in [0.3, 0.4) is 0 Å². The van der Waals surface area contributed by atoms with Crippen molar-refractivity contribution in [2.45, 2.75) is 52.9 Å². The third-order valence-electron chi connectivity index (χ3n) is 3.74. The Morgan fingerprint density at radius 1 is 1.12 bits per heavy atom. The first-order valence-corrected chi connectivity index (χ1v) is 7.07. The molecule has 0 aliphatic carbocycles. The van der Waals surface area contributed by atoms with Gasteiger partial charge in [0.1, 0.15) is 0 Å². The summed E-state index contributed by atoms with van der Waals surface area (Å²) in [6.45, 7) is 9.51. The molecule has 0 bridgehead atoms. The lowest BCUT2D eigenvalue weighted by Gasteiger charge is -2.42. The fourth-order valence-electron chi connectivity index (χ4n) is 2.18. The van der Waals surface area contributed by atoms with Gasteiger partial charge in [0, 0.05) is 13.1 Å². The maximum Gasteiger partial charge on any atom is 0.233 e. The minimum Gasteiger partial charge on any atom is -0.379 e. The predicted molar refractivity (Wildman–Crippen MR) is 69.9 cm³/mol. The van der Waals surface area contributed by atoms with Crippen LogP contribution in [0.15, 0.2) is 0 Å². The van der Waals surface area contributed by atoms with E-state index in [1.165, 1.54) is 0 Å². The number of ether oxygens (including phenoxy) is 1. The van der Waals surface area contributed by atoms with Crippen LogP contribution in [0.25, 0.3) is 0 Å². The number of hydrogen-bond acceptors (Lipinski definition) is 2. The van der Waals surface area contributed by atoms with Crippen molar-refractivity contribution in [3.8, 4) is 0 Å². The van der Waals surface area contributed by atoms with Gasteiger partial charge in [0.2, 0.25) is 5.91 Å². The first-order chi connectivity index (χ1) is 8.20. The highest BCUT2D eigenvalue weighted by Crippen LogP contribution is 2.33. The summed E-state index contributed by atoms with van der Waals surface area (Å²) in [5.41, 5.74) is -0.193. The number of carbonyl (C=O) groups is 1. The summed E-state index contributed by atoms with van der Waals surface area (Å²) in [5.74, 6) is 0.327. The number of amides is 1. The molecule has 0 spiro atoms. The lowest BCUT2D eigenvalue weighted by Crippen LogP contribution is -2.55. The molecule has 0 radical (unpaired) electrons. The molecule has 0 unspecified atom stereocenters. The van der Waals surface area contributed by atoms with Gasteiger partial charge in [-0.2, -0.15) is 0 Å². The number of rotatable bonds is 8.